The van der Waals surface area contributed by atoms with Crippen molar-refractivity contribution in [3.63, 3.8) is 0 Å². The molecule has 0 spiro atoms. The van der Waals surface area contributed by atoms with Crippen molar-refractivity contribution in [3.8, 4) is 22.6 Å². The first-order valence-electron chi connectivity index (χ1n) is 16.7. The number of fused-ring (bicyclic) bond motifs is 2. The molecule has 49 heavy (non-hydrogen) atoms. The van der Waals surface area contributed by atoms with E-state index in [1.807, 2.05) is 49.0 Å². The van der Waals surface area contributed by atoms with Crippen molar-refractivity contribution in [1.29, 1.82) is 0 Å². The van der Waals surface area contributed by atoms with Crippen molar-refractivity contribution in [2.75, 3.05) is 26.0 Å². The molecule has 2 heterocycles. The van der Waals surface area contributed by atoms with E-state index in [4.69, 9.17) is 32.7 Å². The smallest absolute Gasteiger partial charge is 0.291 e. The van der Waals surface area contributed by atoms with Gasteiger partial charge in [0.25, 0.3) is 5.91 Å². The highest BCUT2D eigenvalue weighted by atomic mass is 35.5. The van der Waals surface area contributed by atoms with E-state index in [2.05, 4.69) is 20.5 Å². The zero-order chi connectivity index (χ0) is 34.4. The van der Waals surface area contributed by atoms with Crippen molar-refractivity contribution in [1.82, 2.24) is 19.8 Å². The Kier molecular flexibility index (Phi) is 9.60. The summed E-state index contributed by atoms with van der Waals surface area (Å²) in [5, 5.41) is 17.0. The second kappa shape index (κ2) is 13.9. The van der Waals surface area contributed by atoms with E-state index in [-0.39, 0.29) is 28.5 Å². The number of nitrogens with one attached hydrogen (secondary N) is 2. The number of aliphatic hydroxyl groups is 1. The zero-order valence-electron chi connectivity index (χ0n) is 27.8. The first-order chi connectivity index (χ1) is 23.6. The first kappa shape index (κ1) is 33.8. The molecule has 1 aliphatic heterocycles. The van der Waals surface area contributed by atoms with Crippen molar-refractivity contribution >= 4 is 34.8 Å². The number of hydrogen-bond donors (Lipinski definition) is 3. The minimum Gasteiger partial charge on any atom is -0.493 e. The molecule has 12 heteroatoms. The van der Waals surface area contributed by atoms with Crippen molar-refractivity contribution in [2.24, 2.45) is 7.05 Å². The predicted octanol–water partition coefficient (Wildman–Crippen LogP) is 6.85. The molecule has 0 bridgehead atoms. The van der Waals surface area contributed by atoms with E-state index in [0.29, 0.717) is 48.0 Å². The third-order valence-corrected chi connectivity index (χ3v) is 10.8. The molecule has 258 valence electrons. The van der Waals surface area contributed by atoms with Crippen LogP contribution < -0.4 is 20.1 Å². The van der Waals surface area contributed by atoms with Gasteiger partial charge in [0.15, 0.2) is 17.3 Å². The lowest BCUT2D eigenvalue weighted by atomic mass is 9.96. The van der Waals surface area contributed by atoms with Crippen LogP contribution in [0.3, 0.4) is 0 Å². The van der Waals surface area contributed by atoms with E-state index >= 15 is 4.39 Å². The number of imidazole rings is 1. The summed E-state index contributed by atoms with van der Waals surface area (Å²) in [5.41, 5.74) is 6.69. The topological polar surface area (TPSA) is 101 Å². The summed E-state index contributed by atoms with van der Waals surface area (Å²) in [5.74, 6) is -0.623. The molecule has 1 saturated carbocycles. The highest BCUT2D eigenvalue weighted by Gasteiger charge is 2.31. The third-order valence-electron chi connectivity index (χ3n) is 10.1. The summed E-state index contributed by atoms with van der Waals surface area (Å²) in [6.07, 6.45) is 3.82. The van der Waals surface area contributed by atoms with Gasteiger partial charge in [0.05, 0.1) is 34.6 Å². The lowest BCUT2D eigenvalue weighted by Gasteiger charge is -2.21. The summed E-state index contributed by atoms with van der Waals surface area (Å²) in [4.78, 5) is 20.3. The molecule has 4 aromatic rings. The SMILES string of the molecule is COc1c(CN[C@@H]2CCC[C@@H]2O)cc(Cl)c(OC2CCc3c(-c4cccc(NC(=O)c5nc6c(n5C)CCN(C)C6)c4Cl)cccc32)c1F. The number of methoxy groups -OCH3 is 1. The van der Waals surface area contributed by atoms with E-state index in [0.717, 1.165) is 65.9 Å². The number of halogens is 3. The van der Waals surface area contributed by atoms with Gasteiger partial charge in [0.2, 0.25) is 5.82 Å². The number of hydrogen-bond acceptors (Lipinski definition) is 7. The zero-order valence-corrected chi connectivity index (χ0v) is 29.3. The van der Waals surface area contributed by atoms with Crippen LogP contribution in [0.1, 0.15) is 70.5 Å². The van der Waals surface area contributed by atoms with Crippen LogP contribution in [-0.4, -0.2) is 58.3 Å². The molecule has 3 atom stereocenters. The molecule has 1 aromatic heterocycles. The quantitative estimate of drug-likeness (QED) is 0.175. The molecule has 1 amide bonds. The Bertz CT molecular complexity index is 1920. The second-order valence-electron chi connectivity index (χ2n) is 13.2. The van der Waals surface area contributed by atoms with Gasteiger partial charge in [-0.05, 0) is 68.0 Å². The van der Waals surface area contributed by atoms with Crippen LogP contribution in [0.15, 0.2) is 42.5 Å². The number of rotatable bonds is 9. The van der Waals surface area contributed by atoms with Crippen LogP contribution in [0.25, 0.3) is 11.1 Å². The predicted molar refractivity (Wildman–Crippen MR) is 188 cm³/mol. The number of nitrogens with zero attached hydrogens (tertiary/aromatic N) is 3. The summed E-state index contributed by atoms with van der Waals surface area (Å²) in [6, 6.07) is 13.1. The third kappa shape index (κ3) is 6.41. The summed E-state index contributed by atoms with van der Waals surface area (Å²) < 4.78 is 29.6. The largest absolute Gasteiger partial charge is 0.493 e. The summed E-state index contributed by atoms with van der Waals surface area (Å²) in [6.45, 7) is 1.93. The minimum absolute atomic E-state index is 0.0504. The van der Waals surface area contributed by atoms with E-state index < -0.39 is 18.0 Å². The van der Waals surface area contributed by atoms with Crippen LogP contribution in [0, 0.1) is 5.82 Å². The maximum atomic E-state index is 15.9. The van der Waals surface area contributed by atoms with Gasteiger partial charge < -0.3 is 34.7 Å². The van der Waals surface area contributed by atoms with Crippen molar-refractivity contribution in [2.45, 2.75) is 69.9 Å². The van der Waals surface area contributed by atoms with Gasteiger partial charge in [0, 0.05) is 56.0 Å². The second-order valence-corrected chi connectivity index (χ2v) is 14.0. The lowest BCUT2D eigenvalue weighted by molar-refractivity contribution is 0.101. The fourth-order valence-electron chi connectivity index (χ4n) is 7.52. The molecule has 9 nitrogen and oxygen atoms in total. The average molecular weight is 709 g/mol. The Morgan fingerprint density at radius 1 is 1.08 bits per heavy atom. The number of anilines is 1. The van der Waals surface area contributed by atoms with Gasteiger partial charge in [0.1, 0.15) is 6.10 Å². The van der Waals surface area contributed by atoms with Crippen LogP contribution in [0.2, 0.25) is 10.0 Å². The van der Waals surface area contributed by atoms with Gasteiger partial charge in [-0.3, -0.25) is 4.79 Å². The monoisotopic (exact) mass is 707 g/mol. The fourth-order valence-corrected chi connectivity index (χ4v) is 8.06. The highest BCUT2D eigenvalue weighted by molar-refractivity contribution is 6.36. The molecule has 2 aliphatic carbocycles. The maximum Gasteiger partial charge on any atom is 0.291 e. The number of aliphatic hydroxyl groups excluding tert-OH is 1. The number of ether oxygens (including phenoxy) is 2. The minimum atomic E-state index is -0.657. The Morgan fingerprint density at radius 3 is 2.65 bits per heavy atom. The molecule has 7 rings (SSSR count). The standard InChI is InChI=1S/C37H40Cl2FN5O4/c1-44-16-15-29-28(19-44)42-36(45(29)2)37(47)43-27-11-5-9-24(32(27)39)21-7-4-8-23-22(21)13-14-31(23)49-35-25(38)17-20(34(48-3)33(35)40)18-41-26-10-6-12-30(26)46/h4-5,7-9,11,17,26,30-31,41,46H,6,10,12-16,18-19H2,1-3H3,(H,43,47)/t26-,30+,31?/m1/s1. The fraction of sp³-hybridized carbons (Fsp3) is 0.405. The van der Waals surface area contributed by atoms with Crippen LogP contribution >= 0.6 is 23.2 Å². The Hall–Kier alpha value is -3.67. The van der Waals surface area contributed by atoms with E-state index in [1.165, 1.54) is 7.11 Å². The maximum absolute atomic E-state index is 15.9. The summed E-state index contributed by atoms with van der Waals surface area (Å²) >= 11 is 13.6. The van der Waals surface area contributed by atoms with Gasteiger partial charge in [-0.25, -0.2) is 4.98 Å². The Morgan fingerprint density at radius 2 is 1.88 bits per heavy atom. The van der Waals surface area contributed by atoms with Gasteiger partial charge in [-0.2, -0.15) is 4.39 Å². The van der Waals surface area contributed by atoms with E-state index in [1.54, 1.807) is 12.1 Å². The molecule has 0 saturated heterocycles. The van der Waals surface area contributed by atoms with Crippen LogP contribution in [0.5, 0.6) is 11.5 Å². The first-order valence-corrected chi connectivity index (χ1v) is 17.5. The number of amides is 1. The number of likely N-dealkylation sites (N-methyl/N-ethyl adjacent to an activating group) is 1. The molecular weight excluding hydrogens is 668 g/mol. The molecule has 3 N–H and O–H groups in total. The normalized spacial score (nSPS) is 20.3. The Labute approximate surface area is 295 Å². The molecule has 1 unspecified atom stereocenters. The number of carbonyl (C=O) groups is 1. The average Bonchev–Trinajstić information content (AvgIpc) is 3.79. The van der Waals surface area contributed by atoms with Crippen molar-refractivity contribution in [3.05, 3.63) is 92.2 Å². The molecular formula is C37H40Cl2FN5O4. The van der Waals surface area contributed by atoms with Gasteiger partial charge in [-0.1, -0.05) is 53.5 Å². The molecule has 3 aromatic carbocycles. The molecule has 3 aliphatic rings. The summed E-state index contributed by atoms with van der Waals surface area (Å²) in [7, 11) is 5.34. The number of carbonyl (C=O) groups excluding carboxylic acids is 1. The van der Waals surface area contributed by atoms with Crippen LogP contribution in [0.4, 0.5) is 10.1 Å². The Balaban J connectivity index is 1.12. The number of aromatic nitrogens is 2. The highest BCUT2D eigenvalue weighted by Crippen LogP contribution is 2.46. The molecule has 0 radical (unpaired) electrons. The van der Waals surface area contributed by atoms with Gasteiger partial charge in [-0.15, -0.1) is 0 Å². The number of benzene rings is 3. The van der Waals surface area contributed by atoms with E-state index in [9.17, 15) is 9.90 Å². The van der Waals surface area contributed by atoms with Crippen LogP contribution in [-0.2, 0) is 33.0 Å². The lowest BCUT2D eigenvalue weighted by Crippen LogP contribution is -2.35. The van der Waals surface area contributed by atoms with Crippen molar-refractivity contribution < 1.29 is 23.8 Å². The molecule has 1 fully saturated rings. The van der Waals surface area contributed by atoms with Gasteiger partial charge >= 0.3 is 0 Å².